The summed E-state index contributed by atoms with van der Waals surface area (Å²) in [5, 5.41) is 6.38. The Morgan fingerprint density at radius 3 is 2.48 bits per heavy atom. The van der Waals surface area contributed by atoms with E-state index in [1.807, 2.05) is 18.2 Å². The number of hydrogen-bond donors (Lipinski definition) is 1. The minimum absolute atomic E-state index is 0.322. The van der Waals surface area contributed by atoms with Crippen LogP contribution in [0.15, 0.2) is 47.9 Å². The summed E-state index contributed by atoms with van der Waals surface area (Å²) in [5.41, 5.74) is 2.57. The second kappa shape index (κ2) is 8.86. The van der Waals surface area contributed by atoms with Crippen LogP contribution in [0.2, 0.25) is 0 Å². The van der Waals surface area contributed by atoms with Crippen molar-refractivity contribution in [2.24, 2.45) is 5.18 Å². The van der Waals surface area contributed by atoms with Crippen LogP contribution in [0.1, 0.15) is 23.6 Å². The molecule has 0 radical (unpaired) electrons. The van der Waals surface area contributed by atoms with Gasteiger partial charge >= 0.3 is 0 Å². The van der Waals surface area contributed by atoms with E-state index in [9.17, 15) is 4.91 Å². The highest BCUT2D eigenvalue weighted by Gasteiger charge is 2.26. The number of fused-ring (bicyclic) bond motifs is 1. The molecule has 160 valence electrons. The maximum absolute atomic E-state index is 11.0. The summed E-state index contributed by atoms with van der Waals surface area (Å²) in [5.74, 6) is 2.99. The molecule has 0 bridgehead atoms. The Morgan fingerprint density at radius 2 is 1.81 bits per heavy atom. The number of anilines is 2. The van der Waals surface area contributed by atoms with Crippen LogP contribution in [-0.4, -0.2) is 31.3 Å². The Morgan fingerprint density at radius 1 is 1.03 bits per heavy atom. The van der Waals surface area contributed by atoms with Crippen LogP contribution in [0.25, 0.3) is 0 Å². The van der Waals surface area contributed by atoms with Gasteiger partial charge in [0.15, 0.2) is 17.3 Å². The first-order valence-corrected chi connectivity index (χ1v) is 9.68. The van der Waals surface area contributed by atoms with Crippen molar-refractivity contribution in [1.29, 1.82) is 0 Å². The number of hydrogen-bond acceptors (Lipinski definition) is 9. The first kappa shape index (κ1) is 20.4. The standard InChI is InChI=1S/C22H22N4O5/c1-28-18-9-13(10-19(29-2)22(18)30-3)24-20-11-23-12-21(25-20)31-17-6-4-5-14-15(17)7-8-16(14)26-27/h4-6,9-12,16H,7-8H2,1-3H3,(H,24,25). The zero-order valence-electron chi connectivity index (χ0n) is 17.4. The Labute approximate surface area is 179 Å². The average molecular weight is 422 g/mol. The Hall–Kier alpha value is -3.88. The fourth-order valence-electron chi connectivity index (χ4n) is 3.68. The summed E-state index contributed by atoms with van der Waals surface area (Å²) in [6, 6.07) is 8.84. The van der Waals surface area contributed by atoms with E-state index in [1.54, 1.807) is 39.7 Å². The number of methoxy groups -OCH3 is 3. The summed E-state index contributed by atoms with van der Waals surface area (Å²) in [7, 11) is 4.66. The Balaban J connectivity index is 1.58. The van der Waals surface area contributed by atoms with Gasteiger partial charge in [-0.2, -0.15) is 9.89 Å². The molecule has 4 rings (SSSR count). The maximum Gasteiger partial charge on any atom is 0.239 e. The predicted octanol–water partition coefficient (Wildman–Crippen LogP) is 4.79. The third kappa shape index (κ3) is 4.07. The lowest BCUT2D eigenvalue weighted by molar-refractivity contribution is 0.324. The summed E-state index contributed by atoms with van der Waals surface area (Å²) in [6.07, 6.45) is 4.54. The van der Waals surface area contributed by atoms with Gasteiger partial charge in [-0.05, 0) is 24.5 Å². The Bertz CT molecular complexity index is 1080. The van der Waals surface area contributed by atoms with Gasteiger partial charge in [0.1, 0.15) is 11.8 Å². The lowest BCUT2D eigenvalue weighted by atomic mass is 10.1. The molecule has 1 N–H and O–H groups in total. The van der Waals surface area contributed by atoms with Crippen molar-refractivity contribution < 1.29 is 18.9 Å². The van der Waals surface area contributed by atoms with Crippen molar-refractivity contribution >= 4 is 11.5 Å². The molecule has 9 heteroatoms. The maximum atomic E-state index is 11.0. The monoisotopic (exact) mass is 422 g/mol. The molecule has 0 aliphatic heterocycles. The molecule has 0 fully saturated rings. The number of aromatic nitrogens is 2. The molecule has 0 spiro atoms. The first-order chi connectivity index (χ1) is 15.2. The van der Waals surface area contributed by atoms with Gasteiger partial charge in [-0.1, -0.05) is 17.3 Å². The number of benzene rings is 2. The van der Waals surface area contributed by atoms with E-state index in [1.165, 1.54) is 6.20 Å². The molecule has 1 aliphatic carbocycles. The molecule has 2 aromatic carbocycles. The van der Waals surface area contributed by atoms with Crippen molar-refractivity contribution in [3.05, 3.63) is 58.8 Å². The topological polar surface area (TPSA) is 104 Å². The number of nitrogens with one attached hydrogen (secondary N) is 1. The number of ether oxygens (including phenoxy) is 4. The number of nitroso groups, excluding NO2 is 1. The first-order valence-electron chi connectivity index (χ1n) is 9.68. The number of nitrogens with zero attached hydrogens (tertiary/aromatic N) is 3. The molecule has 0 saturated heterocycles. The molecule has 9 nitrogen and oxygen atoms in total. The molecule has 1 aromatic heterocycles. The van der Waals surface area contributed by atoms with E-state index < -0.39 is 0 Å². The van der Waals surface area contributed by atoms with E-state index in [0.29, 0.717) is 46.8 Å². The van der Waals surface area contributed by atoms with Gasteiger partial charge in [-0.25, -0.2) is 0 Å². The second-order valence-corrected chi connectivity index (χ2v) is 6.87. The van der Waals surface area contributed by atoms with Crippen LogP contribution in [-0.2, 0) is 6.42 Å². The molecule has 0 amide bonds. The molecular weight excluding hydrogens is 400 g/mol. The lowest BCUT2D eigenvalue weighted by Crippen LogP contribution is -2.00. The summed E-state index contributed by atoms with van der Waals surface area (Å²) < 4.78 is 22.1. The van der Waals surface area contributed by atoms with Crippen molar-refractivity contribution in [2.75, 3.05) is 26.6 Å². The lowest BCUT2D eigenvalue weighted by Gasteiger charge is -2.15. The summed E-state index contributed by atoms with van der Waals surface area (Å²) in [6.45, 7) is 0. The van der Waals surface area contributed by atoms with Crippen molar-refractivity contribution in [3.63, 3.8) is 0 Å². The molecule has 0 saturated carbocycles. The van der Waals surface area contributed by atoms with Crippen LogP contribution in [0.3, 0.4) is 0 Å². The summed E-state index contributed by atoms with van der Waals surface area (Å²) >= 11 is 0. The van der Waals surface area contributed by atoms with E-state index in [-0.39, 0.29) is 6.04 Å². The van der Waals surface area contributed by atoms with Gasteiger partial charge in [0, 0.05) is 23.4 Å². The highest BCUT2D eigenvalue weighted by atomic mass is 16.5. The summed E-state index contributed by atoms with van der Waals surface area (Å²) in [4.78, 5) is 19.7. The molecule has 1 atom stereocenters. The Kier molecular flexibility index (Phi) is 5.83. The van der Waals surface area contributed by atoms with Crippen molar-refractivity contribution in [1.82, 2.24) is 9.97 Å². The van der Waals surface area contributed by atoms with Gasteiger partial charge in [-0.15, -0.1) is 0 Å². The normalized spacial score (nSPS) is 14.5. The fourth-order valence-corrected chi connectivity index (χ4v) is 3.68. The highest BCUT2D eigenvalue weighted by molar-refractivity contribution is 5.66. The molecule has 1 unspecified atom stereocenters. The largest absolute Gasteiger partial charge is 0.493 e. The predicted molar refractivity (Wildman–Crippen MR) is 115 cm³/mol. The zero-order valence-corrected chi connectivity index (χ0v) is 17.4. The third-order valence-electron chi connectivity index (χ3n) is 5.09. The number of rotatable bonds is 8. The van der Waals surface area contributed by atoms with Crippen LogP contribution in [0.5, 0.6) is 28.9 Å². The van der Waals surface area contributed by atoms with Crippen LogP contribution in [0, 0.1) is 4.91 Å². The molecule has 3 aromatic rings. The van der Waals surface area contributed by atoms with Crippen LogP contribution in [0.4, 0.5) is 11.5 Å². The minimum atomic E-state index is -0.322. The van der Waals surface area contributed by atoms with Crippen molar-refractivity contribution in [2.45, 2.75) is 18.9 Å². The molecular formula is C22H22N4O5. The van der Waals surface area contributed by atoms with Crippen LogP contribution < -0.4 is 24.3 Å². The zero-order chi connectivity index (χ0) is 21.8. The SMILES string of the molecule is COc1cc(Nc2cncc(Oc3cccc4c3CCC4N=O)n2)cc(OC)c1OC. The highest BCUT2D eigenvalue weighted by Crippen LogP contribution is 2.41. The third-order valence-corrected chi connectivity index (χ3v) is 5.09. The van der Waals surface area contributed by atoms with Gasteiger partial charge in [-0.3, -0.25) is 4.98 Å². The van der Waals surface area contributed by atoms with Gasteiger partial charge < -0.3 is 24.3 Å². The van der Waals surface area contributed by atoms with E-state index in [4.69, 9.17) is 18.9 Å². The molecule has 1 heterocycles. The minimum Gasteiger partial charge on any atom is -0.493 e. The average Bonchev–Trinajstić information content (AvgIpc) is 3.23. The van der Waals surface area contributed by atoms with E-state index >= 15 is 0 Å². The van der Waals surface area contributed by atoms with Gasteiger partial charge in [0.05, 0.1) is 33.7 Å². The second-order valence-electron chi connectivity index (χ2n) is 6.87. The van der Waals surface area contributed by atoms with E-state index in [0.717, 1.165) is 17.5 Å². The molecule has 1 aliphatic rings. The van der Waals surface area contributed by atoms with Crippen LogP contribution >= 0.6 is 0 Å². The molecule has 31 heavy (non-hydrogen) atoms. The van der Waals surface area contributed by atoms with E-state index in [2.05, 4.69) is 20.5 Å². The van der Waals surface area contributed by atoms with Gasteiger partial charge in [0.25, 0.3) is 0 Å². The fraction of sp³-hybridized carbons (Fsp3) is 0.273. The smallest absolute Gasteiger partial charge is 0.239 e. The van der Waals surface area contributed by atoms with Crippen molar-refractivity contribution in [3.8, 4) is 28.9 Å². The quantitative estimate of drug-likeness (QED) is 0.517. The van der Waals surface area contributed by atoms with Gasteiger partial charge in [0.2, 0.25) is 11.6 Å².